The van der Waals surface area contributed by atoms with Crippen molar-refractivity contribution in [3.63, 3.8) is 0 Å². The van der Waals surface area contributed by atoms with Crippen LogP contribution in [0.15, 0.2) is 47.4 Å². The summed E-state index contributed by atoms with van der Waals surface area (Å²) in [6, 6.07) is 10.3. The number of para-hydroxylation sites is 1. The number of benzene rings is 1. The van der Waals surface area contributed by atoms with Crippen LogP contribution in [0.3, 0.4) is 0 Å². The van der Waals surface area contributed by atoms with E-state index >= 15 is 0 Å². The number of aliphatic hydroxyl groups excluding tert-OH is 1. The molecule has 0 amide bonds. The highest BCUT2D eigenvalue weighted by atomic mass is 31.2. The van der Waals surface area contributed by atoms with E-state index in [0.29, 0.717) is 5.75 Å². The molecule has 0 bridgehead atoms. The van der Waals surface area contributed by atoms with Gasteiger partial charge in [-0.05, 0) is 18.2 Å². The van der Waals surface area contributed by atoms with Crippen molar-refractivity contribution >= 4 is 13.4 Å². The van der Waals surface area contributed by atoms with E-state index in [1.54, 1.807) is 24.3 Å². The lowest BCUT2D eigenvalue weighted by Gasteiger charge is -2.29. The number of hydrogen-bond donors (Lipinski definition) is 2. The van der Waals surface area contributed by atoms with Crippen molar-refractivity contribution in [3.05, 3.63) is 53.1 Å². The summed E-state index contributed by atoms with van der Waals surface area (Å²) in [6.07, 6.45) is 0.937. The Balaban J connectivity index is 0.00000109. The highest BCUT2D eigenvalue weighted by molar-refractivity contribution is 7.54. The molecule has 3 rings (SSSR count). The van der Waals surface area contributed by atoms with E-state index in [0.717, 1.165) is 7.11 Å². The largest absolute Gasteiger partial charge is 0.423 e. The van der Waals surface area contributed by atoms with Gasteiger partial charge >= 0.3 is 13.3 Å². The second-order valence-electron chi connectivity index (χ2n) is 5.02. The van der Waals surface area contributed by atoms with Crippen LogP contribution in [0.2, 0.25) is 0 Å². The van der Waals surface area contributed by atoms with E-state index in [1.807, 2.05) is 6.07 Å². The smallest absolute Gasteiger partial charge is 0.404 e. The SMILES string of the molecule is CO.Nc1ccn(C[C@H]2CO[P@@](=O)(Oc3ccccc3)CO2)c(=O)n1. The average Bonchev–Trinajstić information content (AvgIpc) is 2.62. The lowest BCUT2D eigenvalue weighted by atomic mass is 10.3. The fourth-order valence-electron chi connectivity index (χ4n) is 2.08. The van der Waals surface area contributed by atoms with Crippen LogP contribution in [0.1, 0.15) is 0 Å². The summed E-state index contributed by atoms with van der Waals surface area (Å²) >= 11 is 0. The van der Waals surface area contributed by atoms with E-state index in [9.17, 15) is 9.36 Å². The Kier molecular flexibility index (Phi) is 6.72. The van der Waals surface area contributed by atoms with Crippen LogP contribution in [0.5, 0.6) is 5.75 Å². The third kappa shape index (κ3) is 5.40. The molecule has 1 aliphatic rings. The van der Waals surface area contributed by atoms with Gasteiger partial charge in [-0.15, -0.1) is 0 Å². The molecule has 2 aromatic rings. The number of anilines is 1. The van der Waals surface area contributed by atoms with Gasteiger partial charge in [-0.25, -0.2) is 9.36 Å². The molecule has 0 spiro atoms. The quantitative estimate of drug-likeness (QED) is 0.767. The van der Waals surface area contributed by atoms with Crippen LogP contribution in [0, 0.1) is 0 Å². The van der Waals surface area contributed by atoms with Gasteiger partial charge in [-0.2, -0.15) is 4.98 Å². The normalized spacial score (nSPS) is 22.6. The third-order valence-electron chi connectivity index (χ3n) is 3.21. The van der Waals surface area contributed by atoms with Gasteiger partial charge < -0.3 is 20.1 Å². The summed E-state index contributed by atoms with van der Waals surface area (Å²) in [5, 5.41) is 7.00. The first-order valence-electron chi connectivity index (χ1n) is 7.42. The van der Waals surface area contributed by atoms with Crippen molar-refractivity contribution < 1.29 is 23.5 Å². The fourth-order valence-corrected chi connectivity index (χ4v) is 3.49. The standard InChI is InChI=1S/C14H16N3O5P.CH4O/c15-13-6-7-17(14(18)16-13)8-12-9-21-23(19,10-20-12)22-11-4-2-1-3-5-11;1-2/h1-7,12H,8-10H2,(H2,15,16,18);2H,1H3/t12-,23+;/m0./s1. The summed E-state index contributed by atoms with van der Waals surface area (Å²) < 4.78 is 30.1. The lowest BCUT2D eigenvalue weighted by molar-refractivity contribution is -0.00706. The Hall–Kier alpha value is -2.19. The molecule has 10 heteroatoms. The number of nitrogen functional groups attached to an aromatic ring is 1. The van der Waals surface area contributed by atoms with Crippen LogP contribution >= 0.6 is 7.60 Å². The minimum atomic E-state index is -3.34. The van der Waals surface area contributed by atoms with Crippen molar-refractivity contribution in [2.24, 2.45) is 0 Å². The molecular formula is C15H20N3O6P. The number of rotatable bonds is 4. The van der Waals surface area contributed by atoms with Gasteiger partial charge in [0.1, 0.15) is 17.7 Å². The zero-order valence-corrected chi connectivity index (χ0v) is 14.5. The van der Waals surface area contributed by atoms with Crippen LogP contribution in [0.4, 0.5) is 5.82 Å². The highest BCUT2D eigenvalue weighted by Gasteiger charge is 2.34. The molecule has 1 aliphatic heterocycles. The van der Waals surface area contributed by atoms with Crippen LogP contribution in [-0.4, -0.2) is 40.8 Å². The molecule has 1 aromatic heterocycles. The average molecular weight is 369 g/mol. The van der Waals surface area contributed by atoms with Gasteiger partial charge in [-0.1, -0.05) is 18.2 Å². The molecule has 1 saturated heterocycles. The number of nitrogens with two attached hydrogens (primary N) is 1. The zero-order chi connectivity index (χ0) is 18.3. The Morgan fingerprint density at radius 2 is 2.08 bits per heavy atom. The lowest BCUT2D eigenvalue weighted by Crippen LogP contribution is -2.35. The van der Waals surface area contributed by atoms with Gasteiger partial charge in [0.2, 0.25) is 0 Å². The van der Waals surface area contributed by atoms with Gasteiger partial charge in [0, 0.05) is 13.3 Å². The predicted molar refractivity (Wildman–Crippen MR) is 91.4 cm³/mol. The molecule has 1 fully saturated rings. The van der Waals surface area contributed by atoms with Gasteiger partial charge in [-0.3, -0.25) is 9.09 Å². The second kappa shape index (κ2) is 8.77. The molecule has 0 aliphatic carbocycles. The first-order chi connectivity index (χ1) is 12.0. The maximum atomic E-state index is 12.4. The monoisotopic (exact) mass is 369 g/mol. The predicted octanol–water partition coefficient (Wildman–Crippen LogP) is 1.08. The minimum absolute atomic E-state index is 0.0565. The summed E-state index contributed by atoms with van der Waals surface area (Å²) in [7, 11) is -2.34. The Bertz CT molecular complexity index is 770. The number of aliphatic hydroxyl groups is 1. The van der Waals surface area contributed by atoms with E-state index in [1.165, 1.54) is 16.8 Å². The first-order valence-corrected chi connectivity index (χ1v) is 9.14. The maximum absolute atomic E-state index is 12.4. The molecule has 3 N–H and O–H groups in total. The van der Waals surface area contributed by atoms with Gasteiger partial charge in [0.05, 0.1) is 13.2 Å². The number of aromatic nitrogens is 2. The molecule has 0 saturated carbocycles. The summed E-state index contributed by atoms with van der Waals surface area (Å²) in [5.41, 5.74) is 4.97. The molecule has 2 atom stereocenters. The Labute approximate surface area is 144 Å². The molecular weight excluding hydrogens is 349 g/mol. The summed E-state index contributed by atoms with van der Waals surface area (Å²) in [5.74, 6) is 0.615. The van der Waals surface area contributed by atoms with Crippen LogP contribution < -0.4 is 15.9 Å². The topological polar surface area (TPSA) is 126 Å². The number of nitrogens with zero attached hydrogens (tertiary/aromatic N) is 2. The van der Waals surface area contributed by atoms with E-state index in [4.69, 9.17) is 24.6 Å². The van der Waals surface area contributed by atoms with Crippen molar-refractivity contribution in [2.75, 3.05) is 25.8 Å². The highest BCUT2D eigenvalue weighted by Crippen LogP contribution is 2.50. The van der Waals surface area contributed by atoms with Gasteiger partial charge in [0.15, 0.2) is 6.35 Å². The molecule has 25 heavy (non-hydrogen) atoms. The second-order valence-corrected chi connectivity index (χ2v) is 6.94. The van der Waals surface area contributed by atoms with Crippen LogP contribution in [0.25, 0.3) is 0 Å². The molecule has 0 unspecified atom stereocenters. The van der Waals surface area contributed by atoms with Crippen LogP contribution in [-0.2, 0) is 20.4 Å². The van der Waals surface area contributed by atoms with Crippen molar-refractivity contribution in [2.45, 2.75) is 12.6 Å². The molecule has 1 aromatic carbocycles. The van der Waals surface area contributed by atoms with Crippen molar-refractivity contribution in [3.8, 4) is 5.75 Å². The maximum Gasteiger partial charge on any atom is 0.404 e. The third-order valence-corrected chi connectivity index (χ3v) is 4.71. The number of hydrogen-bond acceptors (Lipinski definition) is 8. The minimum Gasteiger partial charge on any atom is -0.423 e. The fraction of sp³-hybridized carbons (Fsp3) is 0.333. The van der Waals surface area contributed by atoms with E-state index < -0.39 is 19.4 Å². The molecule has 9 nitrogen and oxygen atoms in total. The van der Waals surface area contributed by atoms with Crippen molar-refractivity contribution in [1.82, 2.24) is 9.55 Å². The first kappa shape index (κ1) is 19.1. The Morgan fingerprint density at radius 1 is 1.36 bits per heavy atom. The Morgan fingerprint density at radius 3 is 2.68 bits per heavy atom. The molecule has 136 valence electrons. The summed E-state index contributed by atoms with van der Waals surface area (Å²) in [6.45, 7) is 0.290. The van der Waals surface area contributed by atoms with Crippen molar-refractivity contribution in [1.29, 1.82) is 0 Å². The summed E-state index contributed by atoms with van der Waals surface area (Å²) in [4.78, 5) is 15.3. The molecule has 2 heterocycles. The zero-order valence-electron chi connectivity index (χ0n) is 13.6. The van der Waals surface area contributed by atoms with Gasteiger partial charge in [0.25, 0.3) is 0 Å². The van der Waals surface area contributed by atoms with E-state index in [2.05, 4.69) is 4.98 Å². The molecule has 0 radical (unpaired) electrons. The number of ether oxygens (including phenoxy) is 1. The van der Waals surface area contributed by atoms with E-state index in [-0.39, 0.29) is 25.3 Å².